The van der Waals surface area contributed by atoms with E-state index in [4.69, 9.17) is 5.26 Å². The molecule has 1 aliphatic heterocycles. The second-order valence-electron chi connectivity index (χ2n) is 3.76. The van der Waals surface area contributed by atoms with Gasteiger partial charge in [-0.15, -0.1) is 0 Å². The van der Waals surface area contributed by atoms with Crippen LogP contribution in [-0.2, 0) is 21.4 Å². The molecule has 2 heterocycles. The first-order chi connectivity index (χ1) is 9.62. The number of nitriles is 1. The molecule has 20 heavy (non-hydrogen) atoms. The van der Waals surface area contributed by atoms with Gasteiger partial charge in [-0.3, -0.25) is 9.82 Å². The van der Waals surface area contributed by atoms with Gasteiger partial charge in [-0.1, -0.05) is 6.07 Å². The molecule has 1 aromatic heterocycles. The first kappa shape index (κ1) is 12.5. The van der Waals surface area contributed by atoms with Gasteiger partial charge in [-0.05, 0) is 12.1 Å². The Bertz CT molecular complexity index is 902. The highest BCUT2D eigenvalue weighted by Gasteiger charge is 2.23. The fraction of sp³-hybridized carbons (Fsp3) is 0. The van der Waals surface area contributed by atoms with Crippen LogP contribution in [0.25, 0.3) is 0 Å². The number of sulfonamides is 1. The van der Waals surface area contributed by atoms with Gasteiger partial charge in [0.25, 0.3) is 10.0 Å². The van der Waals surface area contributed by atoms with Gasteiger partial charge >= 0.3 is 0 Å². The fourth-order valence-corrected chi connectivity index (χ4v) is 3.44. The zero-order valence-corrected chi connectivity index (χ0v) is 11.4. The van der Waals surface area contributed by atoms with Crippen molar-refractivity contribution >= 4 is 38.6 Å². The Morgan fingerprint density at radius 3 is 3.00 bits per heavy atom. The highest BCUT2D eigenvalue weighted by Crippen LogP contribution is 2.37. The Morgan fingerprint density at radius 1 is 1.35 bits per heavy atom. The van der Waals surface area contributed by atoms with E-state index in [0.29, 0.717) is 11.4 Å². The standard InChI is InChI=1S/C10H6N6O2S2/c11-4-6-5-12-13-10(6)16-20(17,18)8-3-1-2-7-9(8)15-19-14-7/h1-3,5H,(H2,12,13,16). The molecule has 2 aromatic rings. The summed E-state index contributed by atoms with van der Waals surface area (Å²) in [5.74, 6) is 0.0210. The Balaban J connectivity index is 2.05. The van der Waals surface area contributed by atoms with E-state index >= 15 is 0 Å². The number of anilines is 1. The smallest absolute Gasteiger partial charge is 0.263 e. The summed E-state index contributed by atoms with van der Waals surface area (Å²) < 4.78 is 34.9. The van der Waals surface area contributed by atoms with Crippen LogP contribution in [0.4, 0.5) is 17.2 Å². The molecule has 0 unspecified atom stereocenters. The largest absolute Gasteiger partial charge is 0.265 e. The molecule has 0 fully saturated rings. The molecule has 1 aromatic carbocycles. The van der Waals surface area contributed by atoms with Crippen molar-refractivity contribution in [3.63, 3.8) is 0 Å². The Labute approximate surface area is 117 Å². The summed E-state index contributed by atoms with van der Waals surface area (Å²) in [6, 6.07) is 6.52. The number of H-pyrrole nitrogens is 1. The molecule has 8 nitrogen and oxygen atoms in total. The first-order valence-corrected chi connectivity index (χ1v) is 7.51. The normalized spacial score (nSPS) is 12.6. The fourth-order valence-electron chi connectivity index (χ4n) is 1.64. The van der Waals surface area contributed by atoms with Crippen molar-refractivity contribution in [2.45, 2.75) is 4.90 Å². The van der Waals surface area contributed by atoms with Crippen LogP contribution in [-0.4, -0.2) is 18.6 Å². The van der Waals surface area contributed by atoms with Crippen LogP contribution in [0.5, 0.6) is 0 Å². The van der Waals surface area contributed by atoms with Crippen LogP contribution in [0.15, 0.2) is 38.0 Å². The predicted molar refractivity (Wildman–Crippen MR) is 72.1 cm³/mol. The average Bonchev–Trinajstić information content (AvgIpc) is 3.05. The van der Waals surface area contributed by atoms with Crippen molar-refractivity contribution in [2.24, 2.45) is 8.73 Å². The highest BCUT2D eigenvalue weighted by molar-refractivity contribution is 7.93. The van der Waals surface area contributed by atoms with Gasteiger partial charge in [0, 0.05) is 0 Å². The average molecular weight is 306 g/mol. The molecule has 3 rings (SSSR count). The number of fused-ring (bicyclic) bond motifs is 1. The minimum atomic E-state index is -3.88. The lowest BCUT2D eigenvalue weighted by Gasteiger charge is -2.08. The maximum Gasteiger partial charge on any atom is 0.265 e. The molecule has 0 bridgehead atoms. The number of benzene rings is 1. The maximum atomic E-state index is 12.3. The predicted octanol–water partition coefficient (Wildman–Crippen LogP) is 1.81. The van der Waals surface area contributed by atoms with Crippen LogP contribution >= 0.6 is 0 Å². The number of hydrogen-bond donors (Lipinski definition) is 2. The zero-order chi connectivity index (χ0) is 14.2. The minimum Gasteiger partial charge on any atom is -0.263 e. The summed E-state index contributed by atoms with van der Waals surface area (Å²) in [5.41, 5.74) is 0.906. The summed E-state index contributed by atoms with van der Waals surface area (Å²) >= 11 is 0.934. The van der Waals surface area contributed by atoms with E-state index in [1.54, 1.807) is 12.1 Å². The van der Waals surface area contributed by atoms with Gasteiger partial charge < -0.3 is 0 Å². The summed E-state index contributed by atoms with van der Waals surface area (Å²) in [7, 11) is -3.88. The minimum absolute atomic E-state index is 0.00207. The molecule has 0 amide bonds. The molecule has 2 N–H and O–H groups in total. The Kier molecular flexibility index (Phi) is 2.85. The summed E-state index contributed by atoms with van der Waals surface area (Å²) in [6.45, 7) is 0. The number of nitrogens with one attached hydrogen (secondary N) is 2. The SMILES string of the molecule is N#Cc1cn[nH]c1NS(=O)(=O)c1cccc2c1N=S=N2. The van der Waals surface area contributed by atoms with Crippen LogP contribution < -0.4 is 4.72 Å². The van der Waals surface area contributed by atoms with Crippen LogP contribution in [0.3, 0.4) is 0 Å². The van der Waals surface area contributed by atoms with Crippen molar-refractivity contribution in [3.8, 4) is 6.07 Å². The van der Waals surface area contributed by atoms with Gasteiger partial charge in [0.15, 0.2) is 5.82 Å². The lowest BCUT2D eigenvalue weighted by Crippen LogP contribution is -2.14. The highest BCUT2D eigenvalue weighted by atomic mass is 32.2. The second-order valence-corrected chi connectivity index (χ2v) is 5.94. The number of aromatic nitrogens is 2. The van der Waals surface area contributed by atoms with Crippen molar-refractivity contribution in [3.05, 3.63) is 30.0 Å². The van der Waals surface area contributed by atoms with E-state index in [0.717, 1.165) is 11.4 Å². The lowest BCUT2D eigenvalue weighted by atomic mass is 10.3. The van der Waals surface area contributed by atoms with Crippen molar-refractivity contribution < 1.29 is 8.42 Å². The Morgan fingerprint density at radius 2 is 2.20 bits per heavy atom. The molecule has 0 spiro atoms. The maximum absolute atomic E-state index is 12.3. The number of aromatic amines is 1. The quantitative estimate of drug-likeness (QED) is 0.765. The molecule has 10 heteroatoms. The van der Waals surface area contributed by atoms with E-state index in [-0.39, 0.29) is 16.3 Å². The van der Waals surface area contributed by atoms with Crippen LogP contribution in [0.2, 0.25) is 0 Å². The third-order valence-corrected chi connectivity index (χ3v) is 4.46. The van der Waals surface area contributed by atoms with Gasteiger partial charge in [-0.25, -0.2) is 8.42 Å². The van der Waals surface area contributed by atoms with E-state index < -0.39 is 10.0 Å². The molecule has 0 radical (unpaired) electrons. The molecule has 0 saturated heterocycles. The van der Waals surface area contributed by atoms with E-state index in [2.05, 4.69) is 23.6 Å². The Hall–Kier alpha value is -2.51. The molecule has 1 aliphatic rings. The van der Waals surface area contributed by atoms with E-state index in [1.807, 2.05) is 6.07 Å². The first-order valence-electron chi connectivity index (χ1n) is 5.29. The topological polar surface area (TPSA) is 123 Å². The second kappa shape index (κ2) is 4.55. The van der Waals surface area contributed by atoms with Gasteiger partial charge in [-0.2, -0.15) is 19.1 Å². The van der Waals surface area contributed by atoms with Gasteiger partial charge in [0.2, 0.25) is 0 Å². The third-order valence-electron chi connectivity index (χ3n) is 2.53. The monoisotopic (exact) mass is 306 g/mol. The molecule has 0 aliphatic carbocycles. The van der Waals surface area contributed by atoms with Gasteiger partial charge in [0.1, 0.15) is 27.9 Å². The third kappa shape index (κ3) is 1.98. The number of hydrogen-bond acceptors (Lipinski definition) is 6. The van der Waals surface area contributed by atoms with Crippen LogP contribution in [0, 0.1) is 11.3 Å². The molecule has 0 atom stereocenters. The number of nitrogens with zero attached hydrogens (tertiary/aromatic N) is 4. The molecular formula is C10H6N6O2S2. The zero-order valence-electron chi connectivity index (χ0n) is 9.73. The van der Waals surface area contributed by atoms with E-state index in [1.165, 1.54) is 12.3 Å². The summed E-state index contributed by atoms with van der Waals surface area (Å²) in [5, 5.41) is 14.9. The van der Waals surface area contributed by atoms with Crippen molar-refractivity contribution in [2.75, 3.05) is 4.72 Å². The summed E-state index contributed by atoms with van der Waals surface area (Å²) in [4.78, 5) is 0.00207. The lowest BCUT2D eigenvalue weighted by molar-refractivity contribution is 0.601. The molecule has 100 valence electrons. The number of rotatable bonds is 3. The molecular weight excluding hydrogens is 300 g/mol. The van der Waals surface area contributed by atoms with Crippen LogP contribution in [0.1, 0.15) is 5.56 Å². The molecule has 0 saturated carbocycles. The van der Waals surface area contributed by atoms with Crippen molar-refractivity contribution in [1.82, 2.24) is 10.2 Å². The van der Waals surface area contributed by atoms with Gasteiger partial charge in [0.05, 0.1) is 17.6 Å². The summed E-state index contributed by atoms with van der Waals surface area (Å²) in [6.07, 6.45) is 1.24. The van der Waals surface area contributed by atoms with Crippen molar-refractivity contribution in [1.29, 1.82) is 5.26 Å². The van der Waals surface area contributed by atoms with E-state index in [9.17, 15) is 8.42 Å².